The molecule has 1 aromatic heterocycles. The van der Waals surface area contributed by atoms with Crippen molar-refractivity contribution in [3.63, 3.8) is 0 Å². The van der Waals surface area contributed by atoms with Crippen molar-refractivity contribution in [1.29, 1.82) is 0 Å². The maximum atomic E-state index is 11.3. The monoisotopic (exact) mass is 261 g/mol. The summed E-state index contributed by atoms with van der Waals surface area (Å²) in [4.78, 5) is 17.7. The molecule has 4 nitrogen and oxygen atoms in total. The first kappa shape index (κ1) is 13.8. The molecule has 1 aromatic rings. The first-order valence-corrected chi connectivity index (χ1v) is 7.05. The highest BCUT2D eigenvalue weighted by Gasteiger charge is 2.21. The van der Waals surface area contributed by atoms with Crippen molar-refractivity contribution >= 4 is 11.7 Å². The van der Waals surface area contributed by atoms with E-state index in [1.165, 1.54) is 5.56 Å². The number of carbonyl (C=O) groups is 1. The van der Waals surface area contributed by atoms with Crippen LogP contribution in [0.1, 0.15) is 45.1 Å². The molecule has 19 heavy (non-hydrogen) atoms. The predicted molar refractivity (Wildman–Crippen MR) is 77.2 cm³/mol. The highest BCUT2D eigenvalue weighted by Crippen LogP contribution is 2.24. The summed E-state index contributed by atoms with van der Waals surface area (Å²) < 4.78 is 0. The number of likely N-dealkylation sites (tertiary alicyclic amines) is 1. The number of piperidine rings is 1. The molecule has 1 aliphatic heterocycles. The predicted octanol–water partition coefficient (Wildman–Crippen LogP) is 2.63. The molecule has 0 atom stereocenters. The van der Waals surface area contributed by atoms with Crippen LogP contribution in [0.4, 0.5) is 5.82 Å². The maximum absolute atomic E-state index is 11.3. The summed E-state index contributed by atoms with van der Waals surface area (Å²) in [5.74, 6) is 1.64. The first-order valence-electron chi connectivity index (χ1n) is 7.05. The molecule has 1 fully saturated rings. The lowest BCUT2D eigenvalue weighted by atomic mass is 10.0. The number of anilines is 1. The molecule has 1 aliphatic rings. The van der Waals surface area contributed by atoms with Gasteiger partial charge in [-0.25, -0.2) is 4.98 Å². The fourth-order valence-electron chi connectivity index (χ4n) is 2.54. The average Bonchev–Trinajstić information content (AvgIpc) is 2.39. The molecule has 1 saturated heterocycles. The Morgan fingerprint density at radius 3 is 2.68 bits per heavy atom. The van der Waals surface area contributed by atoms with Gasteiger partial charge in [0, 0.05) is 32.3 Å². The second-order valence-electron chi connectivity index (χ2n) is 5.52. The number of hydrogen-bond acceptors (Lipinski definition) is 3. The van der Waals surface area contributed by atoms with Crippen molar-refractivity contribution in [3.05, 3.63) is 23.9 Å². The van der Waals surface area contributed by atoms with Gasteiger partial charge in [-0.15, -0.1) is 0 Å². The van der Waals surface area contributed by atoms with Crippen molar-refractivity contribution in [2.24, 2.45) is 0 Å². The minimum Gasteiger partial charge on any atom is -0.367 e. The number of aromatic nitrogens is 1. The zero-order chi connectivity index (χ0) is 13.8. The Morgan fingerprint density at radius 1 is 1.42 bits per heavy atom. The van der Waals surface area contributed by atoms with Gasteiger partial charge in [0.15, 0.2) is 0 Å². The molecule has 104 valence electrons. The van der Waals surface area contributed by atoms with Crippen LogP contribution in [0.25, 0.3) is 0 Å². The summed E-state index contributed by atoms with van der Waals surface area (Å²) in [7, 11) is 0. The molecule has 4 heteroatoms. The van der Waals surface area contributed by atoms with Crippen molar-refractivity contribution < 1.29 is 4.79 Å². The largest absolute Gasteiger partial charge is 0.367 e. The first-order chi connectivity index (χ1) is 9.08. The van der Waals surface area contributed by atoms with Gasteiger partial charge in [0.05, 0.1) is 0 Å². The zero-order valence-corrected chi connectivity index (χ0v) is 12.0. The lowest BCUT2D eigenvalue weighted by molar-refractivity contribution is -0.129. The van der Waals surface area contributed by atoms with E-state index >= 15 is 0 Å². The van der Waals surface area contributed by atoms with Crippen LogP contribution in [0.15, 0.2) is 18.3 Å². The third-order valence-electron chi connectivity index (χ3n) is 3.74. The summed E-state index contributed by atoms with van der Waals surface area (Å²) in [5, 5.41) is 3.54. The average molecular weight is 261 g/mol. The van der Waals surface area contributed by atoms with E-state index in [2.05, 4.69) is 30.2 Å². The maximum Gasteiger partial charge on any atom is 0.219 e. The highest BCUT2D eigenvalue weighted by atomic mass is 16.2. The van der Waals surface area contributed by atoms with Gasteiger partial charge in [-0.05, 0) is 30.4 Å². The molecule has 0 radical (unpaired) electrons. The van der Waals surface area contributed by atoms with Crippen molar-refractivity contribution in [1.82, 2.24) is 9.88 Å². The SMILES string of the molecule is CC(=O)N1CCC(Nc2ncccc2C(C)C)CC1. The van der Waals surface area contributed by atoms with Crippen LogP contribution < -0.4 is 5.32 Å². The van der Waals surface area contributed by atoms with E-state index in [-0.39, 0.29) is 5.91 Å². The van der Waals surface area contributed by atoms with Gasteiger partial charge < -0.3 is 10.2 Å². The molecule has 0 aliphatic carbocycles. The molecular formula is C15H23N3O. The Hall–Kier alpha value is -1.58. The fraction of sp³-hybridized carbons (Fsp3) is 0.600. The molecule has 2 rings (SSSR count). The third kappa shape index (κ3) is 3.46. The van der Waals surface area contributed by atoms with Gasteiger partial charge in [-0.1, -0.05) is 19.9 Å². The third-order valence-corrected chi connectivity index (χ3v) is 3.74. The Kier molecular flexibility index (Phi) is 4.40. The van der Waals surface area contributed by atoms with E-state index in [1.807, 2.05) is 17.2 Å². The van der Waals surface area contributed by atoms with Gasteiger partial charge >= 0.3 is 0 Å². The Bertz CT molecular complexity index is 437. The van der Waals surface area contributed by atoms with Crippen LogP contribution in [-0.4, -0.2) is 34.9 Å². The second kappa shape index (κ2) is 6.04. The number of nitrogens with one attached hydrogen (secondary N) is 1. The molecule has 0 unspecified atom stereocenters. The van der Waals surface area contributed by atoms with E-state index in [9.17, 15) is 4.79 Å². The number of pyridine rings is 1. The summed E-state index contributed by atoms with van der Waals surface area (Å²) in [5.41, 5.74) is 1.26. The van der Waals surface area contributed by atoms with Crippen molar-refractivity contribution in [3.8, 4) is 0 Å². The normalized spacial score (nSPS) is 16.7. The number of rotatable bonds is 3. The summed E-state index contributed by atoms with van der Waals surface area (Å²) in [6, 6.07) is 4.53. The highest BCUT2D eigenvalue weighted by molar-refractivity contribution is 5.73. The Morgan fingerprint density at radius 2 is 2.11 bits per heavy atom. The minimum atomic E-state index is 0.180. The molecule has 1 N–H and O–H groups in total. The molecule has 1 amide bonds. The van der Waals surface area contributed by atoms with Crippen molar-refractivity contribution in [2.45, 2.75) is 45.6 Å². The molecule has 0 spiro atoms. The molecule has 0 saturated carbocycles. The van der Waals surface area contributed by atoms with Gasteiger partial charge in [0.1, 0.15) is 5.82 Å². The molecule has 0 bridgehead atoms. The van der Waals surface area contributed by atoms with Crippen LogP contribution in [0.2, 0.25) is 0 Å². The lowest BCUT2D eigenvalue weighted by Gasteiger charge is -2.32. The van der Waals surface area contributed by atoms with E-state index in [0.29, 0.717) is 12.0 Å². The smallest absolute Gasteiger partial charge is 0.219 e. The Balaban J connectivity index is 1.98. The standard InChI is InChI=1S/C15H23N3O/c1-11(2)14-5-4-8-16-15(14)17-13-6-9-18(10-7-13)12(3)19/h4-5,8,11,13H,6-7,9-10H2,1-3H3,(H,16,17). The summed E-state index contributed by atoms with van der Waals surface area (Å²) in [6.07, 6.45) is 3.82. The van der Waals surface area contributed by atoms with Gasteiger partial charge in [0.25, 0.3) is 0 Å². The Labute approximate surface area is 115 Å². The minimum absolute atomic E-state index is 0.180. The van der Waals surface area contributed by atoms with E-state index in [4.69, 9.17) is 0 Å². The zero-order valence-electron chi connectivity index (χ0n) is 12.0. The van der Waals surface area contributed by atoms with E-state index in [0.717, 1.165) is 31.7 Å². The summed E-state index contributed by atoms with van der Waals surface area (Å²) in [6.45, 7) is 7.69. The van der Waals surface area contributed by atoms with Crippen LogP contribution >= 0.6 is 0 Å². The van der Waals surface area contributed by atoms with E-state index in [1.54, 1.807) is 6.92 Å². The number of amides is 1. The lowest BCUT2D eigenvalue weighted by Crippen LogP contribution is -2.41. The topological polar surface area (TPSA) is 45.2 Å². The summed E-state index contributed by atoms with van der Waals surface area (Å²) >= 11 is 0. The number of nitrogens with zero attached hydrogens (tertiary/aromatic N) is 2. The van der Waals surface area contributed by atoms with Crippen LogP contribution in [-0.2, 0) is 4.79 Å². The van der Waals surface area contributed by atoms with Crippen LogP contribution in [0.5, 0.6) is 0 Å². The number of hydrogen-bond donors (Lipinski definition) is 1. The number of carbonyl (C=O) groups excluding carboxylic acids is 1. The second-order valence-corrected chi connectivity index (χ2v) is 5.52. The van der Waals surface area contributed by atoms with Crippen LogP contribution in [0, 0.1) is 0 Å². The van der Waals surface area contributed by atoms with Gasteiger partial charge in [-0.2, -0.15) is 0 Å². The molecule has 0 aromatic carbocycles. The van der Waals surface area contributed by atoms with E-state index < -0.39 is 0 Å². The molecule has 2 heterocycles. The van der Waals surface area contributed by atoms with Crippen molar-refractivity contribution in [2.75, 3.05) is 18.4 Å². The molecular weight excluding hydrogens is 238 g/mol. The van der Waals surface area contributed by atoms with Gasteiger partial charge in [0.2, 0.25) is 5.91 Å². The quantitative estimate of drug-likeness (QED) is 0.909. The van der Waals surface area contributed by atoms with Gasteiger partial charge in [-0.3, -0.25) is 4.79 Å². The van der Waals surface area contributed by atoms with Crippen LogP contribution in [0.3, 0.4) is 0 Å². The fourth-order valence-corrected chi connectivity index (χ4v) is 2.54.